The van der Waals surface area contributed by atoms with E-state index >= 15 is 0 Å². The lowest BCUT2D eigenvalue weighted by atomic mass is 9.91. The van der Waals surface area contributed by atoms with Gasteiger partial charge in [0.2, 0.25) is 0 Å². The quantitative estimate of drug-likeness (QED) is 0.449. The predicted molar refractivity (Wildman–Crippen MR) is 117 cm³/mol. The Balaban J connectivity index is 1.52. The highest BCUT2D eigenvalue weighted by Gasteiger charge is 2.32. The number of hydrogen-bond donors (Lipinski definition) is 1. The fourth-order valence-corrected chi connectivity index (χ4v) is 4.36. The molecule has 1 aliphatic rings. The van der Waals surface area contributed by atoms with E-state index in [1.54, 1.807) is 23.0 Å². The minimum Gasteiger partial charge on any atom is -0.384 e. The second kappa shape index (κ2) is 6.96. The van der Waals surface area contributed by atoms with E-state index in [-0.39, 0.29) is 5.82 Å². The highest BCUT2D eigenvalue weighted by Crippen LogP contribution is 2.47. The lowest BCUT2D eigenvalue weighted by Gasteiger charge is -2.18. The number of benzene rings is 3. The average molecular weight is 410 g/mol. The molecule has 31 heavy (non-hydrogen) atoms. The van der Waals surface area contributed by atoms with Gasteiger partial charge in [-0.3, -0.25) is 4.98 Å². The van der Waals surface area contributed by atoms with Crippen LogP contribution < -0.4 is 0 Å². The monoisotopic (exact) mass is 410 g/mol. The van der Waals surface area contributed by atoms with E-state index in [9.17, 15) is 9.50 Å². The maximum atomic E-state index is 13.4. The van der Waals surface area contributed by atoms with Crippen molar-refractivity contribution < 1.29 is 9.50 Å². The van der Waals surface area contributed by atoms with Crippen molar-refractivity contribution in [1.29, 1.82) is 0 Å². The van der Waals surface area contributed by atoms with Crippen LogP contribution in [0.5, 0.6) is 0 Å². The molecule has 0 bridgehead atoms. The molecule has 0 amide bonds. The Morgan fingerprint density at radius 3 is 2.55 bits per heavy atom. The fourth-order valence-electron chi connectivity index (χ4n) is 4.36. The molecule has 1 N–H and O–H groups in total. The van der Waals surface area contributed by atoms with Gasteiger partial charge in [-0.25, -0.2) is 9.07 Å². The Labute approximate surface area is 177 Å². The molecule has 1 saturated carbocycles. The first kappa shape index (κ1) is 18.2. The van der Waals surface area contributed by atoms with E-state index in [0.717, 1.165) is 57.2 Å². The molecular weight excluding hydrogens is 391 g/mol. The van der Waals surface area contributed by atoms with Gasteiger partial charge >= 0.3 is 0 Å². The van der Waals surface area contributed by atoms with Crippen LogP contribution in [0, 0.1) is 5.82 Å². The summed E-state index contributed by atoms with van der Waals surface area (Å²) in [5.74, 6) is 0.0710. The van der Waals surface area contributed by atoms with E-state index in [0.29, 0.717) is 5.92 Å². The molecule has 6 rings (SSSR count). The third-order valence-electron chi connectivity index (χ3n) is 6.02. The zero-order valence-corrected chi connectivity index (χ0v) is 16.6. The van der Waals surface area contributed by atoms with Gasteiger partial charge in [-0.15, -0.1) is 5.10 Å². The summed E-state index contributed by atoms with van der Waals surface area (Å²) in [5, 5.41) is 21.2. The number of halogens is 1. The van der Waals surface area contributed by atoms with Crippen LogP contribution in [0.4, 0.5) is 4.39 Å². The Morgan fingerprint density at radius 2 is 1.74 bits per heavy atom. The molecule has 5 aromatic rings. The third-order valence-corrected chi connectivity index (χ3v) is 6.02. The Kier molecular flexibility index (Phi) is 4.07. The summed E-state index contributed by atoms with van der Waals surface area (Å²) >= 11 is 0. The zero-order chi connectivity index (χ0) is 20.9. The topological polar surface area (TPSA) is 63.8 Å². The van der Waals surface area contributed by atoms with Crippen LogP contribution in [-0.2, 0) is 0 Å². The van der Waals surface area contributed by atoms with Crippen molar-refractivity contribution in [3.63, 3.8) is 0 Å². The van der Waals surface area contributed by atoms with Crippen LogP contribution in [0.1, 0.15) is 41.6 Å². The van der Waals surface area contributed by atoms with Crippen molar-refractivity contribution in [2.24, 2.45) is 0 Å². The normalized spacial score (nSPS) is 14.9. The first-order chi connectivity index (χ1) is 15.2. The van der Waals surface area contributed by atoms with E-state index in [2.05, 4.69) is 15.3 Å². The number of aliphatic hydroxyl groups is 1. The van der Waals surface area contributed by atoms with Crippen LogP contribution in [0.3, 0.4) is 0 Å². The van der Waals surface area contributed by atoms with E-state index in [1.165, 1.54) is 12.1 Å². The van der Waals surface area contributed by atoms with Gasteiger partial charge < -0.3 is 5.11 Å². The SMILES string of the molecule is OC(c1ccc2c(nnn2-c2ccc(F)cc2)c1C1CC1)c1ccnc2ccccc12. The molecule has 2 aromatic heterocycles. The number of nitrogens with zero attached hydrogens (tertiary/aromatic N) is 4. The molecule has 1 fully saturated rings. The minimum atomic E-state index is -0.788. The number of aromatic nitrogens is 4. The molecule has 1 atom stereocenters. The molecule has 0 aliphatic heterocycles. The highest BCUT2D eigenvalue weighted by molar-refractivity contribution is 5.85. The summed E-state index contributed by atoms with van der Waals surface area (Å²) in [5.41, 5.74) is 6.00. The second-order valence-corrected chi connectivity index (χ2v) is 8.01. The summed E-state index contributed by atoms with van der Waals surface area (Å²) in [7, 11) is 0. The molecule has 1 unspecified atom stereocenters. The number of fused-ring (bicyclic) bond motifs is 2. The fraction of sp³-hybridized carbons (Fsp3) is 0.160. The number of aliphatic hydroxyl groups excluding tert-OH is 1. The molecule has 3 aromatic carbocycles. The van der Waals surface area contributed by atoms with Gasteiger partial charge in [0.05, 0.1) is 16.7 Å². The molecule has 0 saturated heterocycles. The van der Waals surface area contributed by atoms with Gasteiger partial charge in [0, 0.05) is 11.6 Å². The van der Waals surface area contributed by atoms with E-state index in [4.69, 9.17) is 0 Å². The Morgan fingerprint density at radius 1 is 0.935 bits per heavy atom. The van der Waals surface area contributed by atoms with Crippen molar-refractivity contribution in [2.45, 2.75) is 24.9 Å². The van der Waals surface area contributed by atoms with Crippen LogP contribution in [0.2, 0.25) is 0 Å². The zero-order valence-electron chi connectivity index (χ0n) is 16.6. The van der Waals surface area contributed by atoms with Crippen LogP contribution >= 0.6 is 0 Å². The number of hydrogen-bond acceptors (Lipinski definition) is 4. The molecule has 0 spiro atoms. The lowest BCUT2D eigenvalue weighted by Crippen LogP contribution is -2.05. The van der Waals surface area contributed by atoms with Crippen LogP contribution in [0.25, 0.3) is 27.6 Å². The van der Waals surface area contributed by atoms with Gasteiger partial charge in [0.25, 0.3) is 0 Å². The van der Waals surface area contributed by atoms with Gasteiger partial charge in [-0.05, 0) is 77.9 Å². The van der Waals surface area contributed by atoms with Crippen LogP contribution in [0.15, 0.2) is 72.9 Å². The number of pyridine rings is 1. The molecule has 2 heterocycles. The summed E-state index contributed by atoms with van der Waals surface area (Å²) in [6, 6.07) is 19.8. The first-order valence-electron chi connectivity index (χ1n) is 10.4. The van der Waals surface area contributed by atoms with Gasteiger partial charge in [0.15, 0.2) is 0 Å². The highest BCUT2D eigenvalue weighted by atomic mass is 19.1. The Bertz CT molecular complexity index is 1420. The summed E-state index contributed by atoms with van der Waals surface area (Å²) in [4.78, 5) is 4.42. The largest absolute Gasteiger partial charge is 0.384 e. The average Bonchev–Trinajstić information content (AvgIpc) is 3.56. The maximum Gasteiger partial charge on any atom is 0.123 e. The van der Waals surface area contributed by atoms with Gasteiger partial charge in [-0.2, -0.15) is 0 Å². The van der Waals surface area contributed by atoms with E-state index in [1.807, 2.05) is 42.5 Å². The van der Waals surface area contributed by atoms with Crippen molar-refractivity contribution in [2.75, 3.05) is 0 Å². The maximum absolute atomic E-state index is 13.4. The lowest BCUT2D eigenvalue weighted by molar-refractivity contribution is 0.221. The van der Waals surface area contributed by atoms with Crippen molar-refractivity contribution >= 4 is 21.9 Å². The van der Waals surface area contributed by atoms with Crippen molar-refractivity contribution in [1.82, 2.24) is 20.0 Å². The molecule has 0 radical (unpaired) electrons. The molecular formula is C25H19FN4O. The van der Waals surface area contributed by atoms with Crippen molar-refractivity contribution in [3.05, 3.63) is 95.4 Å². The summed E-state index contributed by atoms with van der Waals surface area (Å²) in [6.07, 6.45) is 3.09. The molecule has 1 aliphatic carbocycles. The predicted octanol–water partition coefficient (Wildman–Crippen LogP) is 5.07. The smallest absolute Gasteiger partial charge is 0.123 e. The Hall–Kier alpha value is -3.64. The standard InChI is InChI=1S/C25H19FN4O/c26-16-7-9-17(10-8-16)30-22-12-11-20(23(15-5-6-15)24(22)28-29-30)25(31)19-13-14-27-21-4-2-1-3-18(19)21/h1-4,7-15,25,31H,5-6H2. The van der Waals surface area contributed by atoms with Crippen LogP contribution in [-0.4, -0.2) is 25.1 Å². The number of rotatable bonds is 4. The molecule has 6 heteroatoms. The number of para-hydroxylation sites is 1. The molecule has 5 nitrogen and oxygen atoms in total. The summed E-state index contributed by atoms with van der Waals surface area (Å²) < 4.78 is 15.1. The first-order valence-corrected chi connectivity index (χ1v) is 10.4. The summed E-state index contributed by atoms with van der Waals surface area (Å²) in [6.45, 7) is 0. The van der Waals surface area contributed by atoms with Crippen molar-refractivity contribution in [3.8, 4) is 5.69 Å². The van der Waals surface area contributed by atoms with E-state index < -0.39 is 6.10 Å². The second-order valence-electron chi connectivity index (χ2n) is 8.01. The van der Waals surface area contributed by atoms with Gasteiger partial charge in [0.1, 0.15) is 17.4 Å². The third kappa shape index (κ3) is 2.99. The minimum absolute atomic E-state index is 0.290. The molecule has 152 valence electrons. The van der Waals surface area contributed by atoms with Gasteiger partial charge in [-0.1, -0.05) is 29.5 Å².